The van der Waals surface area contributed by atoms with Gasteiger partial charge in [0, 0.05) is 0 Å². The van der Waals surface area contributed by atoms with Crippen LogP contribution < -0.4 is 0 Å². The lowest BCUT2D eigenvalue weighted by Gasteiger charge is -2.16. The van der Waals surface area contributed by atoms with E-state index in [1.165, 1.54) is 12.8 Å². The molecule has 0 atom stereocenters. The van der Waals surface area contributed by atoms with Crippen molar-refractivity contribution in [1.82, 2.24) is 0 Å². The highest BCUT2D eigenvalue weighted by molar-refractivity contribution is 4.78. The van der Waals surface area contributed by atoms with Crippen molar-refractivity contribution in [2.45, 2.75) is 33.6 Å². The lowest BCUT2D eigenvalue weighted by Crippen LogP contribution is -1.81. The molecule has 0 aliphatic carbocycles. The van der Waals surface area contributed by atoms with E-state index in [9.17, 15) is 0 Å². The highest BCUT2D eigenvalue weighted by Gasteiger charge is 1.71. The fourth-order valence-electron chi connectivity index (χ4n) is 0.250. The minimum atomic E-state index is 1.25. The van der Waals surface area contributed by atoms with Crippen LogP contribution in [0.2, 0.25) is 0 Å². The van der Waals surface area contributed by atoms with Crippen LogP contribution in [0.5, 0.6) is 0 Å². The third kappa shape index (κ3) is 2.25. The average Bonchev–Trinajstić information content (AvgIpc) is 1.65. The summed E-state index contributed by atoms with van der Waals surface area (Å²) in [7, 11) is 0. The molecule has 0 unspecified atom stereocenters. The fraction of sp³-hybridized carbons (Fsp3) is 0.833. The van der Waals surface area contributed by atoms with Gasteiger partial charge in [0.25, 0.3) is 0 Å². The van der Waals surface area contributed by atoms with Crippen LogP contribution in [0.3, 0.4) is 0 Å². The molecule has 0 aromatic carbocycles. The van der Waals surface area contributed by atoms with Gasteiger partial charge >= 0.3 is 0 Å². The molecule has 0 aromatic rings. The Labute approximate surface area is 40.6 Å². The van der Waals surface area contributed by atoms with E-state index in [1.807, 2.05) is 0 Å². The summed E-state index contributed by atoms with van der Waals surface area (Å²) in [4.78, 5) is 0. The SMILES string of the molecule is CC[C-](C)CC. The van der Waals surface area contributed by atoms with Crippen molar-refractivity contribution in [3.05, 3.63) is 5.92 Å². The van der Waals surface area contributed by atoms with Crippen LogP contribution in [0.1, 0.15) is 33.6 Å². The van der Waals surface area contributed by atoms with Gasteiger partial charge in [-0.15, -0.1) is 0 Å². The van der Waals surface area contributed by atoms with E-state index >= 15 is 0 Å². The predicted octanol–water partition coefficient (Wildman–Crippen LogP) is 2.40. The molecule has 0 heterocycles. The second-order valence-electron chi connectivity index (χ2n) is 1.66. The van der Waals surface area contributed by atoms with E-state index in [0.717, 1.165) is 0 Å². The Kier molecular flexibility index (Phi) is 3.20. The summed E-state index contributed by atoms with van der Waals surface area (Å²) in [6.07, 6.45) is 2.49. The molecule has 0 radical (unpaired) electrons. The Bertz CT molecular complexity index is 19.2. The van der Waals surface area contributed by atoms with E-state index < -0.39 is 0 Å². The summed E-state index contributed by atoms with van der Waals surface area (Å²) in [6.45, 7) is 6.58. The fourth-order valence-corrected chi connectivity index (χ4v) is 0.250. The first kappa shape index (κ1) is 6.00. The first-order chi connectivity index (χ1) is 2.81. The van der Waals surface area contributed by atoms with Crippen LogP contribution in [0, 0.1) is 5.92 Å². The molecule has 0 heteroatoms. The summed E-state index contributed by atoms with van der Waals surface area (Å²) in [5.41, 5.74) is 0. The Morgan fingerprint density at radius 2 is 1.50 bits per heavy atom. The van der Waals surface area contributed by atoms with E-state index in [2.05, 4.69) is 20.8 Å². The monoisotopic (exact) mass is 85.1 g/mol. The Hall–Kier alpha value is 0. The Morgan fingerprint density at radius 3 is 1.50 bits per heavy atom. The van der Waals surface area contributed by atoms with Crippen molar-refractivity contribution in [1.29, 1.82) is 0 Å². The molecule has 0 nitrogen and oxygen atoms in total. The molecule has 0 saturated carbocycles. The Morgan fingerprint density at radius 1 is 1.17 bits per heavy atom. The average molecular weight is 85.2 g/mol. The maximum Gasteiger partial charge on any atom is -0.0923 e. The number of hydrogen-bond acceptors (Lipinski definition) is 0. The summed E-state index contributed by atoms with van der Waals surface area (Å²) in [6, 6.07) is 0. The lowest BCUT2D eigenvalue weighted by molar-refractivity contribution is 0.819. The smallest absolute Gasteiger partial charge is 0.0923 e. The summed E-state index contributed by atoms with van der Waals surface area (Å²) in [5, 5.41) is 0. The lowest BCUT2D eigenvalue weighted by atomic mass is 10.1. The molecule has 0 aliphatic rings. The van der Waals surface area contributed by atoms with Crippen molar-refractivity contribution in [2.75, 3.05) is 0 Å². The van der Waals surface area contributed by atoms with Gasteiger partial charge in [-0.1, -0.05) is 13.8 Å². The standard InChI is InChI=1S/C6H13/c1-4-6(3)5-2/h4-5H2,1-3H3/q-1. The minimum Gasteiger partial charge on any atom is -0.317 e. The largest absolute Gasteiger partial charge is 0.317 e. The van der Waals surface area contributed by atoms with Crippen LogP contribution in [-0.2, 0) is 0 Å². The summed E-state index contributed by atoms with van der Waals surface area (Å²) < 4.78 is 0. The molecule has 0 aromatic heterocycles. The van der Waals surface area contributed by atoms with Crippen molar-refractivity contribution >= 4 is 0 Å². The molecule has 0 fully saturated rings. The van der Waals surface area contributed by atoms with Gasteiger partial charge in [0.2, 0.25) is 0 Å². The number of hydrogen-bond donors (Lipinski definition) is 0. The van der Waals surface area contributed by atoms with E-state index in [4.69, 9.17) is 0 Å². The number of rotatable bonds is 2. The maximum absolute atomic E-state index is 2.19. The highest BCUT2D eigenvalue weighted by Crippen LogP contribution is 2.05. The zero-order valence-electron chi connectivity index (χ0n) is 4.91. The van der Waals surface area contributed by atoms with Crippen molar-refractivity contribution in [3.63, 3.8) is 0 Å². The third-order valence-corrected chi connectivity index (χ3v) is 1.21. The highest BCUT2D eigenvalue weighted by atomic mass is 13.9. The Balaban J connectivity index is 2.75. The zero-order chi connectivity index (χ0) is 4.99. The van der Waals surface area contributed by atoms with Gasteiger partial charge in [0.1, 0.15) is 0 Å². The first-order valence-corrected chi connectivity index (χ1v) is 2.62. The second-order valence-corrected chi connectivity index (χ2v) is 1.66. The van der Waals surface area contributed by atoms with Gasteiger partial charge in [-0.2, -0.15) is 19.8 Å². The molecular formula is C6H13-. The normalized spacial score (nSPS) is 10.0. The predicted molar refractivity (Wildman–Crippen MR) is 29.5 cm³/mol. The van der Waals surface area contributed by atoms with Crippen LogP contribution in [0.4, 0.5) is 0 Å². The summed E-state index contributed by atoms with van der Waals surface area (Å²) >= 11 is 0. The van der Waals surface area contributed by atoms with Gasteiger partial charge < -0.3 is 5.92 Å². The van der Waals surface area contributed by atoms with Crippen molar-refractivity contribution in [3.8, 4) is 0 Å². The molecule has 0 spiro atoms. The molecule has 6 heavy (non-hydrogen) atoms. The van der Waals surface area contributed by atoms with Crippen molar-refractivity contribution in [2.24, 2.45) is 0 Å². The van der Waals surface area contributed by atoms with Crippen LogP contribution in [0.25, 0.3) is 0 Å². The molecule has 0 bridgehead atoms. The molecule has 0 saturated heterocycles. The first-order valence-electron chi connectivity index (χ1n) is 2.62. The molecule has 0 N–H and O–H groups in total. The van der Waals surface area contributed by atoms with Gasteiger partial charge in [0.15, 0.2) is 0 Å². The molecule has 38 valence electrons. The van der Waals surface area contributed by atoms with Crippen LogP contribution >= 0.6 is 0 Å². The third-order valence-electron chi connectivity index (χ3n) is 1.21. The quantitative estimate of drug-likeness (QED) is 0.452. The second kappa shape index (κ2) is 3.20. The van der Waals surface area contributed by atoms with Crippen LogP contribution in [0.15, 0.2) is 0 Å². The van der Waals surface area contributed by atoms with Gasteiger partial charge in [-0.3, -0.25) is 0 Å². The molecular weight excluding hydrogens is 72.1 g/mol. The van der Waals surface area contributed by atoms with Gasteiger partial charge in [-0.25, -0.2) is 0 Å². The topological polar surface area (TPSA) is 0 Å². The van der Waals surface area contributed by atoms with E-state index in [1.54, 1.807) is 5.92 Å². The minimum absolute atomic E-state index is 1.25. The molecule has 0 aliphatic heterocycles. The van der Waals surface area contributed by atoms with Crippen molar-refractivity contribution < 1.29 is 0 Å². The zero-order valence-corrected chi connectivity index (χ0v) is 4.91. The van der Waals surface area contributed by atoms with Gasteiger partial charge in [-0.05, 0) is 0 Å². The van der Waals surface area contributed by atoms with E-state index in [0.29, 0.717) is 0 Å². The summed E-state index contributed by atoms with van der Waals surface area (Å²) in [5.74, 6) is 1.59. The maximum atomic E-state index is 2.19. The van der Waals surface area contributed by atoms with E-state index in [-0.39, 0.29) is 0 Å². The molecule has 0 rings (SSSR count). The molecule has 0 amide bonds. The van der Waals surface area contributed by atoms with Crippen LogP contribution in [-0.4, -0.2) is 0 Å². The van der Waals surface area contributed by atoms with Gasteiger partial charge in [0.05, 0.1) is 0 Å².